The third-order valence-corrected chi connectivity index (χ3v) is 6.42. The zero-order chi connectivity index (χ0) is 16.7. The Bertz CT molecular complexity index is 634. The Hall–Kier alpha value is -1.10. The van der Waals surface area contributed by atoms with Gasteiger partial charge in [0.05, 0.1) is 6.61 Å². The molecule has 0 unspecified atom stereocenters. The van der Waals surface area contributed by atoms with Crippen LogP contribution in [0.25, 0.3) is 0 Å². The average Bonchev–Trinajstić information content (AvgIpc) is 3.36. The van der Waals surface area contributed by atoms with E-state index in [-0.39, 0.29) is 17.9 Å². The van der Waals surface area contributed by atoms with Crippen LogP contribution in [0.15, 0.2) is 24.3 Å². The lowest BCUT2D eigenvalue weighted by molar-refractivity contribution is -0.132. The normalized spacial score (nSPS) is 30.4. The molecule has 4 rings (SSSR count). The zero-order valence-electron chi connectivity index (χ0n) is 14.0. The lowest BCUT2D eigenvalue weighted by atomic mass is 9.74. The zero-order valence-corrected chi connectivity index (χ0v) is 14.7. The molecular weight excluding hydrogens is 324 g/mol. The first-order valence-corrected chi connectivity index (χ1v) is 9.34. The van der Waals surface area contributed by atoms with Crippen molar-refractivity contribution in [1.29, 1.82) is 0 Å². The second-order valence-electron chi connectivity index (χ2n) is 7.80. The Morgan fingerprint density at radius 1 is 1.25 bits per heavy atom. The van der Waals surface area contributed by atoms with Gasteiger partial charge in [-0.05, 0) is 43.4 Å². The molecule has 1 aromatic carbocycles. The Morgan fingerprint density at radius 3 is 2.75 bits per heavy atom. The van der Waals surface area contributed by atoms with E-state index in [1.54, 1.807) is 0 Å². The highest BCUT2D eigenvalue weighted by atomic mass is 35.5. The number of halogens is 1. The summed E-state index contributed by atoms with van der Waals surface area (Å²) in [5.41, 5.74) is 0.971. The second kappa shape index (κ2) is 6.32. The summed E-state index contributed by atoms with van der Waals surface area (Å²) >= 11 is 6.30. The number of nitrogens with zero attached hydrogens (tertiary/aromatic N) is 2. The van der Waals surface area contributed by atoms with Gasteiger partial charge in [-0.25, -0.2) is 0 Å². The highest BCUT2D eigenvalue weighted by Crippen LogP contribution is 2.44. The molecule has 2 heterocycles. The number of aliphatic hydroxyl groups is 1. The highest BCUT2D eigenvalue weighted by molar-refractivity contribution is 6.31. The van der Waals surface area contributed by atoms with Crippen molar-refractivity contribution < 1.29 is 9.90 Å². The molecule has 4 nitrogen and oxygen atoms in total. The van der Waals surface area contributed by atoms with Crippen LogP contribution >= 0.6 is 11.6 Å². The van der Waals surface area contributed by atoms with Crippen molar-refractivity contribution in [3.8, 4) is 0 Å². The summed E-state index contributed by atoms with van der Waals surface area (Å²) in [5.74, 6) is 1.00. The van der Waals surface area contributed by atoms with Crippen LogP contribution in [0.5, 0.6) is 0 Å². The van der Waals surface area contributed by atoms with Crippen molar-refractivity contribution in [3.63, 3.8) is 0 Å². The molecule has 0 spiro atoms. The van der Waals surface area contributed by atoms with Gasteiger partial charge in [-0.15, -0.1) is 0 Å². The van der Waals surface area contributed by atoms with Crippen molar-refractivity contribution in [2.45, 2.75) is 25.8 Å². The first kappa shape index (κ1) is 16.4. The Morgan fingerprint density at radius 2 is 2.04 bits per heavy atom. The molecule has 3 fully saturated rings. The Labute approximate surface area is 148 Å². The highest BCUT2D eigenvalue weighted by Gasteiger charge is 2.51. The molecular formula is C19H25ClN2O2. The number of fused-ring (bicyclic) bond motifs is 1. The van der Waals surface area contributed by atoms with Crippen molar-refractivity contribution >= 4 is 17.5 Å². The van der Waals surface area contributed by atoms with Crippen LogP contribution in [0, 0.1) is 17.3 Å². The van der Waals surface area contributed by atoms with Gasteiger partial charge in [0.1, 0.15) is 0 Å². The number of rotatable bonds is 4. The van der Waals surface area contributed by atoms with Gasteiger partial charge in [-0.3, -0.25) is 9.69 Å². The van der Waals surface area contributed by atoms with E-state index in [1.807, 2.05) is 23.1 Å². The van der Waals surface area contributed by atoms with Crippen molar-refractivity contribution in [2.24, 2.45) is 17.3 Å². The molecule has 1 aliphatic carbocycles. The summed E-state index contributed by atoms with van der Waals surface area (Å²) < 4.78 is 0. The standard InChI is InChI=1S/C19H25ClN2O2/c20-17-4-2-1-3-15(17)9-21-8-7-16-10-22(18(24)14-5-6-14)12-19(16,11-21)13-23/h1-4,14,16,23H,5-13H2/t16-,19+/m0/s1. The molecule has 2 aliphatic heterocycles. The number of aliphatic hydroxyl groups excluding tert-OH is 1. The van der Waals surface area contributed by atoms with Crippen LogP contribution in [0.2, 0.25) is 5.02 Å². The molecule has 24 heavy (non-hydrogen) atoms. The Kier molecular flexibility index (Phi) is 4.31. The maximum absolute atomic E-state index is 12.4. The quantitative estimate of drug-likeness (QED) is 0.908. The van der Waals surface area contributed by atoms with Gasteiger partial charge in [-0.2, -0.15) is 0 Å². The monoisotopic (exact) mass is 348 g/mol. The number of hydrogen-bond donors (Lipinski definition) is 1. The van der Waals surface area contributed by atoms with Gasteiger partial charge in [0.15, 0.2) is 0 Å². The smallest absolute Gasteiger partial charge is 0.225 e. The second-order valence-corrected chi connectivity index (χ2v) is 8.21. The fourth-order valence-corrected chi connectivity index (χ4v) is 4.66. The molecule has 1 amide bonds. The van der Waals surface area contributed by atoms with E-state index in [1.165, 1.54) is 0 Å². The van der Waals surface area contributed by atoms with Crippen molar-refractivity contribution in [1.82, 2.24) is 9.80 Å². The number of carbonyl (C=O) groups excluding carboxylic acids is 1. The van der Waals surface area contributed by atoms with Crippen LogP contribution in [0.1, 0.15) is 24.8 Å². The molecule has 1 N–H and O–H groups in total. The summed E-state index contributed by atoms with van der Waals surface area (Å²) in [6, 6.07) is 7.96. The van der Waals surface area contributed by atoms with Crippen molar-refractivity contribution in [3.05, 3.63) is 34.9 Å². The molecule has 0 aromatic heterocycles. The van der Waals surface area contributed by atoms with E-state index in [2.05, 4.69) is 11.0 Å². The topological polar surface area (TPSA) is 43.8 Å². The maximum atomic E-state index is 12.4. The molecule has 1 saturated carbocycles. The molecule has 2 atom stereocenters. The molecule has 130 valence electrons. The summed E-state index contributed by atoms with van der Waals surface area (Å²) in [7, 11) is 0. The predicted molar refractivity (Wildman–Crippen MR) is 93.7 cm³/mol. The van der Waals surface area contributed by atoms with E-state index in [0.717, 1.165) is 56.0 Å². The van der Waals surface area contributed by atoms with E-state index < -0.39 is 0 Å². The lowest BCUT2D eigenvalue weighted by Crippen LogP contribution is -2.50. The van der Waals surface area contributed by atoms with Crippen LogP contribution in [-0.2, 0) is 11.3 Å². The molecule has 1 aromatic rings. The van der Waals surface area contributed by atoms with Gasteiger partial charge in [0, 0.05) is 42.5 Å². The van der Waals surface area contributed by atoms with Crippen LogP contribution in [0.4, 0.5) is 0 Å². The number of piperidine rings is 1. The molecule has 5 heteroatoms. The minimum atomic E-state index is -0.163. The summed E-state index contributed by atoms with van der Waals surface area (Å²) in [5, 5.41) is 11.0. The van der Waals surface area contributed by atoms with E-state index in [0.29, 0.717) is 18.4 Å². The first-order valence-electron chi connectivity index (χ1n) is 8.97. The molecule has 0 radical (unpaired) electrons. The number of carbonyl (C=O) groups is 1. The first-order chi connectivity index (χ1) is 11.6. The summed E-state index contributed by atoms with van der Waals surface area (Å²) in [4.78, 5) is 16.9. The van der Waals surface area contributed by atoms with Gasteiger partial charge in [0.25, 0.3) is 0 Å². The van der Waals surface area contributed by atoms with Gasteiger partial charge >= 0.3 is 0 Å². The number of benzene rings is 1. The fourth-order valence-electron chi connectivity index (χ4n) is 4.46. The number of amides is 1. The number of hydrogen-bond acceptors (Lipinski definition) is 3. The minimum Gasteiger partial charge on any atom is -0.396 e. The average molecular weight is 349 g/mol. The van der Waals surface area contributed by atoms with Crippen LogP contribution < -0.4 is 0 Å². The van der Waals surface area contributed by atoms with Crippen LogP contribution in [-0.4, -0.2) is 53.6 Å². The third-order valence-electron chi connectivity index (χ3n) is 6.05. The molecule has 2 saturated heterocycles. The van der Waals surface area contributed by atoms with E-state index in [4.69, 9.17) is 11.6 Å². The molecule has 3 aliphatic rings. The number of likely N-dealkylation sites (tertiary alicyclic amines) is 2. The molecule has 0 bridgehead atoms. The maximum Gasteiger partial charge on any atom is 0.225 e. The van der Waals surface area contributed by atoms with Crippen molar-refractivity contribution in [2.75, 3.05) is 32.8 Å². The minimum absolute atomic E-state index is 0.158. The predicted octanol–water partition coefficient (Wildman–Crippen LogP) is 2.39. The van der Waals surface area contributed by atoms with E-state index >= 15 is 0 Å². The fraction of sp³-hybridized carbons (Fsp3) is 0.632. The Balaban J connectivity index is 1.47. The summed E-state index contributed by atoms with van der Waals surface area (Å²) in [6.07, 6.45) is 3.13. The third kappa shape index (κ3) is 2.96. The van der Waals surface area contributed by atoms with Crippen LogP contribution in [0.3, 0.4) is 0 Å². The summed E-state index contributed by atoms with van der Waals surface area (Å²) in [6.45, 7) is 4.35. The van der Waals surface area contributed by atoms with Gasteiger partial charge < -0.3 is 10.0 Å². The largest absolute Gasteiger partial charge is 0.396 e. The van der Waals surface area contributed by atoms with Gasteiger partial charge in [-0.1, -0.05) is 29.8 Å². The van der Waals surface area contributed by atoms with E-state index in [9.17, 15) is 9.90 Å². The lowest BCUT2D eigenvalue weighted by Gasteiger charge is -2.43. The van der Waals surface area contributed by atoms with Gasteiger partial charge in [0.2, 0.25) is 5.91 Å². The SMILES string of the molecule is O=C(C1CC1)N1C[C@@H]2CCN(Cc3ccccc3Cl)C[C@]2(CO)C1.